The summed E-state index contributed by atoms with van der Waals surface area (Å²) in [6, 6.07) is 10.4. The van der Waals surface area contributed by atoms with Gasteiger partial charge in [0.25, 0.3) is 0 Å². The van der Waals surface area contributed by atoms with Crippen LogP contribution in [0.15, 0.2) is 42.6 Å². The predicted octanol–water partition coefficient (Wildman–Crippen LogP) is 4.47. The number of H-pyrrole nitrogens is 1. The normalized spacial score (nSPS) is 11.1. The second-order valence-corrected chi connectivity index (χ2v) is 6.76. The van der Waals surface area contributed by atoms with Crippen LogP contribution in [0.25, 0.3) is 21.8 Å². The Morgan fingerprint density at radius 1 is 1.00 bits per heavy atom. The van der Waals surface area contributed by atoms with E-state index in [0.717, 1.165) is 16.8 Å². The van der Waals surface area contributed by atoms with Crippen molar-refractivity contribution >= 4 is 45.2 Å². The first-order valence-electron chi connectivity index (χ1n) is 8.60. The van der Waals surface area contributed by atoms with Crippen LogP contribution >= 0.6 is 0 Å². The van der Waals surface area contributed by atoms with Crippen LogP contribution in [-0.4, -0.2) is 32.1 Å². The molecule has 0 aliphatic heterocycles. The van der Waals surface area contributed by atoms with Crippen molar-refractivity contribution in [3.63, 3.8) is 0 Å². The molecule has 2 aromatic carbocycles. The molecule has 0 saturated carbocycles. The summed E-state index contributed by atoms with van der Waals surface area (Å²) in [6.07, 6.45) is 1.42. The number of carboxylic acids is 2. The summed E-state index contributed by atoms with van der Waals surface area (Å²) in [5.74, 6) is -1.71. The number of rotatable bonds is 4. The predicted molar refractivity (Wildman–Crippen MR) is 107 cm³/mol. The molecular weight excluding hydrogens is 358 g/mol. The molecule has 4 aromatic rings. The number of aromatic amines is 1. The highest BCUT2D eigenvalue weighted by Gasteiger charge is 2.19. The minimum atomic E-state index is -1.07. The van der Waals surface area contributed by atoms with Crippen molar-refractivity contribution in [1.29, 1.82) is 0 Å². The molecule has 28 heavy (non-hydrogen) atoms. The number of aromatic nitrogens is 2. The highest BCUT2D eigenvalue weighted by Crippen LogP contribution is 2.33. The second kappa shape index (κ2) is 6.38. The Balaban J connectivity index is 2.00. The highest BCUT2D eigenvalue weighted by atomic mass is 16.4. The van der Waals surface area contributed by atoms with Crippen LogP contribution < -0.4 is 5.32 Å². The lowest BCUT2D eigenvalue weighted by molar-refractivity contribution is 0.0687. The van der Waals surface area contributed by atoms with Crippen LogP contribution in [0.2, 0.25) is 0 Å². The highest BCUT2D eigenvalue weighted by molar-refractivity contribution is 6.18. The number of aromatic carboxylic acids is 2. The van der Waals surface area contributed by atoms with Gasteiger partial charge >= 0.3 is 11.9 Å². The van der Waals surface area contributed by atoms with Gasteiger partial charge in [-0.2, -0.15) is 0 Å². The van der Waals surface area contributed by atoms with Crippen LogP contribution in [0.5, 0.6) is 0 Å². The Morgan fingerprint density at radius 2 is 1.71 bits per heavy atom. The lowest BCUT2D eigenvalue weighted by Gasteiger charge is -2.11. The Hall–Kier alpha value is -3.87. The molecule has 0 saturated heterocycles. The quantitative estimate of drug-likeness (QED) is 0.418. The number of fused-ring (bicyclic) bond motifs is 3. The molecule has 0 amide bonds. The molecule has 2 aromatic heterocycles. The molecule has 0 aliphatic rings. The number of aryl methyl sites for hydroxylation is 2. The van der Waals surface area contributed by atoms with Crippen LogP contribution in [0, 0.1) is 13.8 Å². The lowest BCUT2D eigenvalue weighted by Crippen LogP contribution is -2.00. The molecule has 0 spiro atoms. The Morgan fingerprint density at radius 3 is 2.36 bits per heavy atom. The zero-order chi connectivity index (χ0) is 20.0. The van der Waals surface area contributed by atoms with Crippen molar-refractivity contribution in [3.8, 4) is 0 Å². The van der Waals surface area contributed by atoms with Crippen molar-refractivity contribution in [1.82, 2.24) is 9.97 Å². The summed E-state index contributed by atoms with van der Waals surface area (Å²) in [5.41, 5.74) is 4.11. The number of nitrogens with zero attached hydrogens (tertiary/aromatic N) is 1. The number of anilines is 2. The number of carbonyl (C=O) groups is 2. The summed E-state index contributed by atoms with van der Waals surface area (Å²) < 4.78 is 0. The van der Waals surface area contributed by atoms with Crippen LogP contribution in [0.3, 0.4) is 0 Å². The van der Waals surface area contributed by atoms with Gasteiger partial charge in [0.1, 0.15) is 0 Å². The van der Waals surface area contributed by atoms with E-state index >= 15 is 0 Å². The van der Waals surface area contributed by atoms with Gasteiger partial charge in [-0.3, -0.25) is 0 Å². The lowest BCUT2D eigenvalue weighted by atomic mass is 10.0. The maximum absolute atomic E-state index is 11.7. The van der Waals surface area contributed by atoms with Gasteiger partial charge in [-0.05, 0) is 49.2 Å². The molecule has 0 fully saturated rings. The fraction of sp³-hybridized carbons (Fsp3) is 0.0952. The van der Waals surface area contributed by atoms with E-state index < -0.39 is 11.9 Å². The summed E-state index contributed by atoms with van der Waals surface area (Å²) in [6.45, 7) is 3.97. The Kier molecular flexibility index (Phi) is 4.00. The van der Waals surface area contributed by atoms with Gasteiger partial charge in [-0.25, -0.2) is 14.6 Å². The van der Waals surface area contributed by atoms with E-state index in [9.17, 15) is 19.8 Å². The van der Waals surface area contributed by atoms with Crippen LogP contribution in [0.1, 0.15) is 31.8 Å². The fourth-order valence-corrected chi connectivity index (χ4v) is 3.48. The third-order valence-electron chi connectivity index (χ3n) is 4.58. The van der Waals surface area contributed by atoms with Gasteiger partial charge in [0.15, 0.2) is 5.82 Å². The minimum absolute atomic E-state index is 0.0871. The summed E-state index contributed by atoms with van der Waals surface area (Å²) in [4.78, 5) is 30.6. The maximum Gasteiger partial charge on any atom is 0.337 e. The average Bonchev–Trinajstić information content (AvgIpc) is 3.06. The molecule has 140 valence electrons. The number of nitrogens with one attached hydrogen (secondary N) is 2. The van der Waals surface area contributed by atoms with Crippen LogP contribution in [-0.2, 0) is 0 Å². The summed E-state index contributed by atoms with van der Waals surface area (Å²) in [5, 5.41) is 23.2. The Bertz CT molecular complexity index is 1250. The SMILES string of the molecule is Cc1cc(C)cc(Nc2nc3cc(C(=O)O)ccc3c3c(C(=O)O)c[nH]c23)c1. The Labute approximate surface area is 159 Å². The molecule has 4 N–H and O–H groups in total. The molecule has 0 radical (unpaired) electrons. The molecule has 0 bridgehead atoms. The number of hydrogen-bond acceptors (Lipinski definition) is 4. The van der Waals surface area contributed by atoms with Gasteiger partial charge in [0.05, 0.1) is 22.2 Å². The molecule has 7 heteroatoms. The molecule has 7 nitrogen and oxygen atoms in total. The largest absolute Gasteiger partial charge is 0.478 e. The average molecular weight is 375 g/mol. The van der Waals surface area contributed by atoms with Gasteiger partial charge in [0, 0.05) is 22.7 Å². The van der Waals surface area contributed by atoms with E-state index in [1.807, 2.05) is 32.0 Å². The third kappa shape index (κ3) is 2.92. The maximum atomic E-state index is 11.7. The van der Waals surface area contributed by atoms with E-state index in [-0.39, 0.29) is 11.1 Å². The molecule has 2 heterocycles. The number of carboxylic acid groups (broad SMARTS) is 2. The van der Waals surface area contributed by atoms with E-state index in [1.165, 1.54) is 18.3 Å². The first-order chi connectivity index (χ1) is 13.3. The first-order valence-corrected chi connectivity index (χ1v) is 8.60. The minimum Gasteiger partial charge on any atom is -0.478 e. The summed E-state index contributed by atoms with van der Waals surface area (Å²) >= 11 is 0. The molecule has 4 rings (SSSR count). The number of hydrogen-bond donors (Lipinski definition) is 4. The third-order valence-corrected chi connectivity index (χ3v) is 4.58. The monoisotopic (exact) mass is 375 g/mol. The topological polar surface area (TPSA) is 115 Å². The smallest absolute Gasteiger partial charge is 0.337 e. The zero-order valence-corrected chi connectivity index (χ0v) is 15.2. The van der Waals surface area contributed by atoms with Gasteiger partial charge in [-0.1, -0.05) is 12.1 Å². The van der Waals surface area contributed by atoms with E-state index in [1.54, 1.807) is 6.07 Å². The van der Waals surface area contributed by atoms with E-state index in [2.05, 4.69) is 15.3 Å². The van der Waals surface area contributed by atoms with E-state index in [4.69, 9.17) is 0 Å². The molecule has 0 aliphatic carbocycles. The van der Waals surface area contributed by atoms with Crippen LogP contribution in [0.4, 0.5) is 11.5 Å². The zero-order valence-electron chi connectivity index (χ0n) is 15.2. The molecule has 0 atom stereocenters. The van der Waals surface area contributed by atoms with Crippen molar-refractivity contribution < 1.29 is 19.8 Å². The van der Waals surface area contributed by atoms with Gasteiger partial charge in [-0.15, -0.1) is 0 Å². The fourth-order valence-electron chi connectivity index (χ4n) is 3.48. The second-order valence-electron chi connectivity index (χ2n) is 6.76. The number of benzene rings is 2. The molecule has 0 unspecified atom stereocenters. The first kappa shape index (κ1) is 17.5. The number of pyridine rings is 1. The van der Waals surface area contributed by atoms with Crippen molar-refractivity contribution in [3.05, 3.63) is 64.8 Å². The van der Waals surface area contributed by atoms with Gasteiger partial charge < -0.3 is 20.5 Å². The molecular formula is C21H17N3O4. The van der Waals surface area contributed by atoms with Gasteiger partial charge in [0.2, 0.25) is 0 Å². The van der Waals surface area contributed by atoms with Crippen molar-refractivity contribution in [2.75, 3.05) is 5.32 Å². The van der Waals surface area contributed by atoms with E-state index in [0.29, 0.717) is 27.6 Å². The standard InChI is InChI=1S/C21H17N3O4/c1-10-5-11(2)7-13(6-10)23-19-18-17(15(9-22-18)21(27)28)14-4-3-12(20(25)26)8-16(14)24-19/h3-9,22H,1-2H3,(H,23,24)(H,25,26)(H,27,28). The van der Waals surface area contributed by atoms with Crippen molar-refractivity contribution in [2.24, 2.45) is 0 Å². The van der Waals surface area contributed by atoms with Crippen molar-refractivity contribution in [2.45, 2.75) is 13.8 Å². The summed E-state index contributed by atoms with van der Waals surface area (Å²) in [7, 11) is 0.